The normalized spacial score (nSPS) is 11.2. The molecule has 0 spiro atoms. The first-order valence-corrected chi connectivity index (χ1v) is 4.54. The minimum absolute atomic E-state index is 0.593. The lowest BCUT2D eigenvalue weighted by molar-refractivity contribution is 0.241. The summed E-state index contributed by atoms with van der Waals surface area (Å²) in [7, 11) is 0. The van der Waals surface area contributed by atoms with Gasteiger partial charge in [0, 0.05) is 17.5 Å². The molecule has 0 aliphatic carbocycles. The first-order chi connectivity index (χ1) is 6.65. The molecule has 2 nitrogen and oxygen atoms in total. The topological polar surface area (TPSA) is 21.6 Å². The van der Waals surface area contributed by atoms with Crippen molar-refractivity contribution in [3.8, 4) is 0 Å². The van der Waals surface area contributed by atoms with Crippen molar-refractivity contribution in [1.82, 2.24) is 0 Å². The number of rotatable bonds is 5. The summed E-state index contributed by atoms with van der Waals surface area (Å²) < 4.78 is 5.33. The van der Waals surface area contributed by atoms with Crippen molar-refractivity contribution in [2.45, 2.75) is 20.8 Å². The van der Waals surface area contributed by atoms with E-state index in [-0.39, 0.29) is 0 Å². The van der Waals surface area contributed by atoms with Crippen molar-refractivity contribution in [1.29, 1.82) is 0 Å². The molecule has 0 heterocycles. The molecule has 0 aromatic rings. The summed E-state index contributed by atoms with van der Waals surface area (Å²) in [5.41, 5.74) is 4.35. The highest BCUT2D eigenvalue weighted by Crippen LogP contribution is 2.08. The fourth-order valence-electron chi connectivity index (χ4n) is 0.825. The zero-order valence-corrected chi connectivity index (χ0v) is 9.13. The van der Waals surface area contributed by atoms with Crippen molar-refractivity contribution in [2.75, 3.05) is 6.61 Å². The molecule has 0 aromatic carbocycles. The minimum Gasteiger partial charge on any atom is -0.486 e. The highest BCUT2D eigenvalue weighted by atomic mass is 16.5. The Morgan fingerprint density at radius 2 is 2.21 bits per heavy atom. The first kappa shape index (κ1) is 12.5. The Bertz CT molecular complexity index is 304. The first-order valence-electron chi connectivity index (χ1n) is 4.54. The van der Waals surface area contributed by atoms with Crippen LogP contribution in [0.25, 0.3) is 0 Å². The number of allylic oxidation sites excluding steroid dienone is 3. The zero-order valence-electron chi connectivity index (χ0n) is 9.13. The monoisotopic (exact) mass is 191 g/mol. The van der Waals surface area contributed by atoms with E-state index in [1.165, 1.54) is 0 Å². The van der Waals surface area contributed by atoms with Crippen LogP contribution in [0.1, 0.15) is 20.8 Å². The average molecular weight is 191 g/mol. The number of hydrogen-bond donors (Lipinski definition) is 0. The van der Waals surface area contributed by atoms with Crippen LogP contribution >= 0.6 is 0 Å². The maximum absolute atomic E-state index is 5.33. The predicted octanol–water partition coefficient (Wildman–Crippen LogP) is 3.24. The van der Waals surface area contributed by atoms with E-state index in [1.54, 1.807) is 6.21 Å². The summed E-state index contributed by atoms with van der Waals surface area (Å²) in [5, 5.41) is 0. The third-order valence-electron chi connectivity index (χ3n) is 1.45. The highest BCUT2D eigenvalue weighted by molar-refractivity contribution is 5.84. The lowest BCUT2D eigenvalue weighted by Gasteiger charge is -2.05. The molecule has 0 fully saturated rings. The van der Waals surface area contributed by atoms with Crippen molar-refractivity contribution in [2.24, 2.45) is 4.99 Å². The highest BCUT2D eigenvalue weighted by Gasteiger charge is 2.00. The second-order valence-corrected chi connectivity index (χ2v) is 2.68. The van der Waals surface area contributed by atoms with E-state index in [0.717, 1.165) is 11.3 Å². The van der Waals surface area contributed by atoms with Gasteiger partial charge in [0.05, 0.1) is 6.61 Å². The van der Waals surface area contributed by atoms with Crippen LogP contribution in [0.3, 0.4) is 0 Å². The van der Waals surface area contributed by atoms with Crippen LogP contribution in [0.2, 0.25) is 0 Å². The summed E-state index contributed by atoms with van der Waals surface area (Å²) in [4.78, 5) is 4.09. The summed E-state index contributed by atoms with van der Waals surface area (Å²) in [6, 6.07) is 0. The third kappa shape index (κ3) is 4.48. The number of hydrogen-bond acceptors (Lipinski definition) is 2. The fraction of sp³-hybridized carbons (Fsp3) is 0.333. The Kier molecular flexibility index (Phi) is 6.17. The van der Waals surface area contributed by atoms with Crippen molar-refractivity contribution >= 4 is 6.21 Å². The van der Waals surface area contributed by atoms with Gasteiger partial charge in [-0.2, -0.15) is 0 Å². The van der Waals surface area contributed by atoms with E-state index < -0.39 is 0 Å². The second-order valence-electron chi connectivity index (χ2n) is 2.68. The average Bonchev–Trinajstić information content (AvgIpc) is 2.16. The Morgan fingerprint density at radius 1 is 1.57 bits per heavy atom. The second kappa shape index (κ2) is 6.93. The molecule has 14 heavy (non-hydrogen) atoms. The largest absolute Gasteiger partial charge is 0.486 e. The zero-order chi connectivity index (χ0) is 11.0. The summed E-state index contributed by atoms with van der Waals surface area (Å²) >= 11 is 0. The third-order valence-corrected chi connectivity index (χ3v) is 1.45. The van der Waals surface area contributed by atoms with E-state index in [4.69, 9.17) is 4.74 Å². The molecule has 0 rings (SSSR count). The molecule has 0 radical (unpaired) electrons. The van der Waals surface area contributed by atoms with Crippen LogP contribution in [0.15, 0.2) is 47.0 Å². The van der Waals surface area contributed by atoms with Crippen LogP contribution in [-0.2, 0) is 4.74 Å². The maximum atomic E-state index is 5.33. The van der Waals surface area contributed by atoms with Crippen LogP contribution in [0.4, 0.5) is 0 Å². The van der Waals surface area contributed by atoms with Crippen LogP contribution in [-0.4, -0.2) is 12.8 Å². The van der Waals surface area contributed by atoms with Crippen LogP contribution < -0.4 is 0 Å². The predicted molar refractivity (Wildman–Crippen MR) is 61.3 cm³/mol. The molecule has 0 aliphatic rings. The quantitative estimate of drug-likeness (QED) is 0.283. The van der Waals surface area contributed by atoms with Crippen LogP contribution in [0, 0.1) is 0 Å². The number of nitrogens with zero attached hydrogens (tertiary/aromatic N) is 1. The molecule has 0 aromatic heterocycles. The number of ether oxygens (including phenoxy) is 1. The molecule has 0 atom stereocenters. The van der Waals surface area contributed by atoms with Gasteiger partial charge in [0.1, 0.15) is 0 Å². The van der Waals surface area contributed by atoms with Crippen LogP contribution in [0.5, 0.6) is 0 Å². The van der Waals surface area contributed by atoms with Gasteiger partial charge in [-0.05, 0) is 20.8 Å². The Balaban J connectivity index is 4.73. The molecule has 0 aliphatic heterocycles. The summed E-state index contributed by atoms with van der Waals surface area (Å²) in [6.07, 6.45) is 3.60. The van der Waals surface area contributed by atoms with Gasteiger partial charge >= 0.3 is 0 Å². The van der Waals surface area contributed by atoms with Gasteiger partial charge in [-0.3, -0.25) is 4.99 Å². The molecule has 0 bridgehead atoms. The van der Waals surface area contributed by atoms with Gasteiger partial charge in [0.25, 0.3) is 0 Å². The van der Waals surface area contributed by atoms with Crippen molar-refractivity contribution < 1.29 is 4.74 Å². The number of aliphatic imine (C=N–C) groups is 1. The lowest BCUT2D eigenvalue weighted by Crippen LogP contribution is -1.96. The van der Waals surface area contributed by atoms with Gasteiger partial charge < -0.3 is 4.74 Å². The van der Waals surface area contributed by atoms with Gasteiger partial charge in [-0.15, -0.1) is 0 Å². The smallest absolute Gasteiger partial charge is 0.170 e. The van der Waals surface area contributed by atoms with Crippen molar-refractivity contribution in [3.63, 3.8) is 0 Å². The molecular formula is C12H17NO. The molecule has 76 valence electrons. The molecule has 0 saturated heterocycles. The Hall–Kier alpha value is -1.53. The van der Waals surface area contributed by atoms with E-state index in [9.17, 15) is 0 Å². The summed E-state index contributed by atoms with van der Waals surface area (Å²) in [6.45, 7) is 13.5. The lowest BCUT2D eigenvalue weighted by atomic mass is 10.2. The Morgan fingerprint density at radius 3 is 2.57 bits per heavy atom. The van der Waals surface area contributed by atoms with E-state index in [1.807, 2.05) is 26.8 Å². The molecule has 0 saturated carbocycles. The van der Waals surface area contributed by atoms with Gasteiger partial charge in [-0.1, -0.05) is 25.0 Å². The molecule has 0 N–H and O–H groups in total. The van der Waals surface area contributed by atoms with Crippen molar-refractivity contribution in [3.05, 3.63) is 42.0 Å². The molecule has 0 amide bonds. The maximum Gasteiger partial charge on any atom is 0.170 e. The molecular weight excluding hydrogens is 174 g/mol. The minimum atomic E-state index is 0.593. The molecule has 2 heteroatoms. The SMILES string of the molecule is C=C=C(OCC)/C(C=NC(=C)C)=C/C. The van der Waals surface area contributed by atoms with Gasteiger partial charge in [0.15, 0.2) is 5.76 Å². The van der Waals surface area contributed by atoms with E-state index in [0.29, 0.717) is 12.4 Å². The summed E-state index contributed by atoms with van der Waals surface area (Å²) in [5.74, 6) is 0.625. The Labute approximate surface area is 86.0 Å². The van der Waals surface area contributed by atoms with E-state index in [2.05, 4.69) is 23.9 Å². The molecule has 0 unspecified atom stereocenters. The van der Waals surface area contributed by atoms with Gasteiger partial charge in [0.2, 0.25) is 0 Å². The standard InChI is InChI=1S/C12H17NO/c1-6-11(9-13-10(4)5)12(7-2)14-8-3/h6,9H,2,4,8H2,1,3,5H3/b11-6+,13-9?. The fourth-order valence-corrected chi connectivity index (χ4v) is 0.825. The van der Waals surface area contributed by atoms with E-state index >= 15 is 0 Å². The van der Waals surface area contributed by atoms with Gasteiger partial charge in [-0.25, -0.2) is 0 Å².